The van der Waals surface area contributed by atoms with Crippen LogP contribution in [-0.4, -0.2) is 57.6 Å². The van der Waals surface area contributed by atoms with E-state index in [0.717, 1.165) is 36.9 Å². The third kappa shape index (κ3) is 18.8. The number of H-pyrrole nitrogens is 1. The maximum atomic E-state index is 13.6. The highest BCUT2D eigenvalue weighted by Gasteiger charge is 2.29. The molecule has 3 atom stereocenters. The molecule has 0 bridgehead atoms. The van der Waals surface area contributed by atoms with Crippen LogP contribution in [0.25, 0.3) is 0 Å². The first kappa shape index (κ1) is 41.0. The Morgan fingerprint density at radius 2 is 1.24 bits per heavy atom. The molecule has 0 fully saturated rings. The zero-order valence-electron chi connectivity index (χ0n) is 29.4. The molecule has 12 heteroatoms. The van der Waals surface area contributed by atoms with E-state index in [-0.39, 0.29) is 38.0 Å². The standard InChI is InChI=1S/C37H59N7O5/c1-2-3-4-5-6-7-8-9-10-11-12-13-17-20-34(46)42-30(22-21-29-26-40-27-41-29)36(48)43-31(23-24-33(38)45)37(49)44-32(35(39)47)25-28-18-15-14-16-19-28/h14-16,18-19,26-27,30-32H,2-13,17,20-25H2,1H3,(H2,38,45)(H2,39,47)(H,40,41)(H,42,46)(H,43,48)(H,44,49)/t30-,31-,32-/m0/s1. The monoisotopic (exact) mass is 681 g/mol. The normalized spacial score (nSPS) is 12.8. The first-order chi connectivity index (χ1) is 23.7. The molecule has 1 aromatic carbocycles. The van der Waals surface area contributed by atoms with Gasteiger partial charge in [-0.3, -0.25) is 24.0 Å². The number of unbranched alkanes of at least 4 members (excludes halogenated alkanes) is 12. The molecular weight excluding hydrogens is 622 g/mol. The molecule has 12 nitrogen and oxygen atoms in total. The molecule has 0 aliphatic heterocycles. The van der Waals surface area contributed by atoms with Crippen LogP contribution in [0.4, 0.5) is 0 Å². The van der Waals surface area contributed by atoms with E-state index < -0.39 is 41.8 Å². The van der Waals surface area contributed by atoms with Crippen LogP contribution in [0.2, 0.25) is 0 Å². The summed E-state index contributed by atoms with van der Waals surface area (Å²) in [6, 6.07) is 5.88. The highest BCUT2D eigenvalue weighted by molar-refractivity contribution is 5.94. The Bertz CT molecular complexity index is 1240. The van der Waals surface area contributed by atoms with Crippen LogP contribution in [-0.2, 0) is 36.8 Å². The molecule has 0 aliphatic carbocycles. The minimum atomic E-state index is -1.19. The van der Waals surface area contributed by atoms with Gasteiger partial charge in [0.2, 0.25) is 29.5 Å². The van der Waals surface area contributed by atoms with E-state index in [1.807, 2.05) is 18.2 Å². The number of amides is 5. The number of nitrogens with two attached hydrogens (primary N) is 2. The van der Waals surface area contributed by atoms with Crippen LogP contribution in [0.1, 0.15) is 127 Å². The van der Waals surface area contributed by atoms with Crippen LogP contribution in [0, 0.1) is 0 Å². The Labute approximate surface area is 291 Å². The van der Waals surface area contributed by atoms with Gasteiger partial charge >= 0.3 is 0 Å². The molecule has 272 valence electrons. The summed E-state index contributed by atoms with van der Waals surface area (Å²) in [4.78, 5) is 70.7. The van der Waals surface area contributed by atoms with Crippen LogP contribution < -0.4 is 27.4 Å². The summed E-state index contributed by atoms with van der Waals surface area (Å²) in [5.41, 5.74) is 12.5. The van der Waals surface area contributed by atoms with Crippen molar-refractivity contribution in [3.63, 3.8) is 0 Å². The maximum Gasteiger partial charge on any atom is 0.243 e. The van der Waals surface area contributed by atoms with Crippen molar-refractivity contribution < 1.29 is 24.0 Å². The fraction of sp³-hybridized carbons (Fsp3) is 0.622. The summed E-state index contributed by atoms with van der Waals surface area (Å²) < 4.78 is 0. The van der Waals surface area contributed by atoms with Crippen LogP contribution in [0.3, 0.4) is 0 Å². The summed E-state index contributed by atoms with van der Waals surface area (Å²) in [6.45, 7) is 2.24. The first-order valence-corrected chi connectivity index (χ1v) is 18.2. The molecule has 8 N–H and O–H groups in total. The second-order valence-corrected chi connectivity index (χ2v) is 12.9. The van der Waals surface area contributed by atoms with E-state index in [9.17, 15) is 24.0 Å². The highest BCUT2D eigenvalue weighted by atomic mass is 16.2. The molecule has 0 aliphatic rings. The third-order valence-electron chi connectivity index (χ3n) is 8.67. The van der Waals surface area contributed by atoms with Crippen molar-refractivity contribution >= 4 is 29.5 Å². The number of carbonyl (C=O) groups excluding carboxylic acids is 5. The topological polar surface area (TPSA) is 202 Å². The average molecular weight is 682 g/mol. The maximum absolute atomic E-state index is 13.6. The Balaban J connectivity index is 1.91. The number of primary amides is 2. The summed E-state index contributed by atoms with van der Waals surface area (Å²) in [7, 11) is 0. The summed E-state index contributed by atoms with van der Waals surface area (Å²) in [5.74, 6) is -2.90. The number of hydrogen-bond donors (Lipinski definition) is 6. The van der Waals surface area contributed by atoms with Gasteiger partial charge in [-0.1, -0.05) is 114 Å². The number of imidazole rings is 1. The van der Waals surface area contributed by atoms with Gasteiger partial charge in [-0.25, -0.2) is 4.98 Å². The molecule has 0 spiro atoms. The Morgan fingerprint density at radius 1 is 0.694 bits per heavy atom. The second kappa shape index (κ2) is 24.9. The Hall–Kier alpha value is -4.22. The van der Waals surface area contributed by atoms with E-state index in [1.54, 1.807) is 18.3 Å². The molecule has 2 aromatic rings. The van der Waals surface area contributed by atoms with E-state index in [2.05, 4.69) is 32.8 Å². The summed E-state index contributed by atoms with van der Waals surface area (Å²) in [6.07, 6.45) is 19.6. The number of carbonyl (C=O) groups is 5. The van der Waals surface area contributed by atoms with Crippen molar-refractivity contribution in [2.75, 3.05) is 0 Å². The van der Waals surface area contributed by atoms with Gasteiger partial charge in [0.05, 0.1) is 6.33 Å². The predicted octanol–water partition coefficient (Wildman–Crippen LogP) is 4.27. The van der Waals surface area contributed by atoms with Crippen LogP contribution >= 0.6 is 0 Å². The lowest BCUT2D eigenvalue weighted by atomic mass is 10.0. The molecular formula is C37H59N7O5. The zero-order chi connectivity index (χ0) is 35.7. The Morgan fingerprint density at radius 3 is 1.78 bits per heavy atom. The van der Waals surface area contributed by atoms with Gasteiger partial charge < -0.3 is 32.4 Å². The molecule has 0 saturated carbocycles. The van der Waals surface area contributed by atoms with Crippen LogP contribution in [0.5, 0.6) is 0 Å². The molecule has 0 saturated heterocycles. The minimum Gasteiger partial charge on any atom is -0.370 e. The zero-order valence-corrected chi connectivity index (χ0v) is 29.4. The van der Waals surface area contributed by atoms with Gasteiger partial charge in [0.25, 0.3) is 0 Å². The number of aromatic nitrogens is 2. The lowest BCUT2D eigenvalue weighted by molar-refractivity contribution is -0.133. The van der Waals surface area contributed by atoms with Gasteiger partial charge in [0.15, 0.2) is 0 Å². The molecule has 1 aromatic heterocycles. The van der Waals surface area contributed by atoms with Gasteiger partial charge in [-0.15, -0.1) is 0 Å². The van der Waals surface area contributed by atoms with Crippen molar-refractivity contribution in [3.8, 4) is 0 Å². The highest BCUT2D eigenvalue weighted by Crippen LogP contribution is 2.13. The number of aryl methyl sites for hydroxylation is 1. The summed E-state index contributed by atoms with van der Waals surface area (Å²) >= 11 is 0. The average Bonchev–Trinajstić information content (AvgIpc) is 3.60. The van der Waals surface area contributed by atoms with E-state index >= 15 is 0 Å². The molecule has 49 heavy (non-hydrogen) atoms. The fourth-order valence-corrected chi connectivity index (χ4v) is 5.73. The molecule has 5 amide bonds. The second-order valence-electron chi connectivity index (χ2n) is 12.9. The third-order valence-corrected chi connectivity index (χ3v) is 8.67. The lowest BCUT2D eigenvalue weighted by Gasteiger charge is -2.25. The molecule has 2 rings (SSSR count). The number of rotatable bonds is 28. The largest absolute Gasteiger partial charge is 0.370 e. The first-order valence-electron chi connectivity index (χ1n) is 18.2. The van der Waals surface area contributed by atoms with Crippen molar-refractivity contribution in [2.45, 2.75) is 147 Å². The number of aromatic amines is 1. The van der Waals surface area contributed by atoms with Gasteiger partial charge in [-0.05, 0) is 31.2 Å². The van der Waals surface area contributed by atoms with Crippen molar-refractivity contribution in [3.05, 3.63) is 54.1 Å². The SMILES string of the molecule is CCCCCCCCCCCCCCCC(=O)N[C@@H](CCc1cnc[nH]1)C(=O)N[C@@H](CCC(N)=O)C(=O)N[C@@H](Cc1ccccc1)C(N)=O. The van der Waals surface area contributed by atoms with Gasteiger partial charge in [-0.2, -0.15) is 0 Å². The fourth-order valence-electron chi connectivity index (χ4n) is 5.73. The minimum absolute atomic E-state index is 0.0934. The van der Waals surface area contributed by atoms with Gasteiger partial charge in [0.1, 0.15) is 18.1 Å². The molecule has 0 unspecified atom stereocenters. The van der Waals surface area contributed by atoms with E-state index in [1.165, 1.54) is 64.1 Å². The van der Waals surface area contributed by atoms with E-state index in [0.29, 0.717) is 6.42 Å². The number of benzene rings is 1. The Kier molecular flexibility index (Phi) is 20.8. The summed E-state index contributed by atoms with van der Waals surface area (Å²) in [5, 5.41) is 8.14. The van der Waals surface area contributed by atoms with Gasteiger partial charge in [0, 0.05) is 31.2 Å². The number of nitrogens with one attached hydrogen (secondary N) is 4. The number of hydrogen-bond acceptors (Lipinski definition) is 6. The predicted molar refractivity (Wildman–Crippen MR) is 191 cm³/mol. The van der Waals surface area contributed by atoms with Crippen molar-refractivity contribution in [1.29, 1.82) is 0 Å². The smallest absolute Gasteiger partial charge is 0.243 e. The van der Waals surface area contributed by atoms with E-state index in [4.69, 9.17) is 11.5 Å². The molecule has 1 heterocycles. The lowest BCUT2D eigenvalue weighted by Crippen LogP contribution is -2.57. The number of nitrogens with zero attached hydrogens (tertiary/aromatic N) is 1. The molecule has 0 radical (unpaired) electrons. The quantitative estimate of drug-likeness (QED) is 0.0724. The van der Waals surface area contributed by atoms with Crippen LogP contribution in [0.15, 0.2) is 42.9 Å². The van der Waals surface area contributed by atoms with Crippen molar-refractivity contribution in [1.82, 2.24) is 25.9 Å². The van der Waals surface area contributed by atoms with Crippen molar-refractivity contribution in [2.24, 2.45) is 11.5 Å².